The van der Waals surface area contributed by atoms with Crippen LogP contribution in [0.1, 0.15) is 25.5 Å². The molecular formula is C20H24ClN3OS. The van der Waals surface area contributed by atoms with Crippen LogP contribution in [0.5, 0.6) is 0 Å². The van der Waals surface area contributed by atoms with Gasteiger partial charge in [-0.1, -0.05) is 30.7 Å². The van der Waals surface area contributed by atoms with E-state index in [0.29, 0.717) is 11.2 Å². The van der Waals surface area contributed by atoms with Gasteiger partial charge in [-0.25, -0.2) is 4.98 Å². The fraction of sp³-hybridized carbons (Fsp3) is 0.450. The summed E-state index contributed by atoms with van der Waals surface area (Å²) in [5.41, 5.74) is 2.17. The smallest absolute Gasteiger partial charge is 0.138 e. The summed E-state index contributed by atoms with van der Waals surface area (Å²) in [6.45, 7) is 4.95. The second kappa shape index (κ2) is 7.77. The minimum absolute atomic E-state index is 0.144. The van der Waals surface area contributed by atoms with E-state index >= 15 is 0 Å². The molecule has 0 saturated carbocycles. The lowest BCUT2D eigenvalue weighted by Gasteiger charge is -2.29. The Bertz CT molecular complexity index is 839. The van der Waals surface area contributed by atoms with Crippen LogP contribution >= 0.6 is 23.4 Å². The number of aliphatic hydroxyl groups excluding tert-OH is 1. The molecular weight excluding hydrogens is 366 g/mol. The number of nitrogens with one attached hydrogen (secondary N) is 1. The standard InChI is InChI=1S/C20H24ClN3OS/c1-13-11-14(21)4-5-18(13)26-19-16-3-2-8-22-20(16)23-17(19)12-24-9-6-15(25)7-10-24/h2-5,8,11,13,15,18,25H,6-7,9-10,12H2,1H3,(H,22,23). The van der Waals surface area contributed by atoms with Crippen molar-refractivity contribution in [3.63, 3.8) is 0 Å². The molecule has 4 nitrogen and oxygen atoms in total. The zero-order valence-electron chi connectivity index (χ0n) is 14.9. The van der Waals surface area contributed by atoms with Gasteiger partial charge in [0.25, 0.3) is 0 Å². The number of aromatic amines is 1. The van der Waals surface area contributed by atoms with Crippen molar-refractivity contribution in [1.82, 2.24) is 14.9 Å². The van der Waals surface area contributed by atoms with Crippen molar-refractivity contribution in [2.45, 2.75) is 42.6 Å². The minimum atomic E-state index is -0.144. The Balaban J connectivity index is 1.61. The Morgan fingerprint density at radius 1 is 1.38 bits per heavy atom. The van der Waals surface area contributed by atoms with Crippen LogP contribution in [0.2, 0.25) is 0 Å². The van der Waals surface area contributed by atoms with Crippen molar-refractivity contribution in [2.75, 3.05) is 13.1 Å². The summed E-state index contributed by atoms with van der Waals surface area (Å²) in [4.78, 5) is 11.7. The van der Waals surface area contributed by atoms with E-state index in [1.54, 1.807) is 0 Å². The largest absolute Gasteiger partial charge is 0.393 e. The zero-order valence-corrected chi connectivity index (χ0v) is 16.4. The van der Waals surface area contributed by atoms with Crippen LogP contribution in [0.25, 0.3) is 11.0 Å². The maximum absolute atomic E-state index is 9.76. The third-order valence-electron chi connectivity index (χ3n) is 5.17. The molecule has 2 atom stereocenters. The van der Waals surface area contributed by atoms with E-state index in [2.05, 4.69) is 40.0 Å². The fourth-order valence-corrected chi connectivity index (χ4v) is 5.19. The van der Waals surface area contributed by atoms with Gasteiger partial charge in [0.05, 0.1) is 6.10 Å². The van der Waals surface area contributed by atoms with E-state index in [9.17, 15) is 5.11 Å². The number of likely N-dealkylation sites (tertiary alicyclic amines) is 1. The molecule has 2 unspecified atom stereocenters. The van der Waals surface area contributed by atoms with Crippen molar-refractivity contribution >= 4 is 34.4 Å². The zero-order chi connectivity index (χ0) is 18.1. The number of fused-ring (bicyclic) bond motifs is 1. The van der Waals surface area contributed by atoms with Gasteiger partial charge < -0.3 is 10.1 Å². The molecule has 3 heterocycles. The fourth-order valence-electron chi connectivity index (χ4n) is 3.64. The number of nitrogens with zero attached hydrogens (tertiary/aromatic N) is 2. The highest BCUT2D eigenvalue weighted by Gasteiger charge is 2.24. The lowest BCUT2D eigenvalue weighted by molar-refractivity contribution is 0.0784. The van der Waals surface area contributed by atoms with Crippen molar-refractivity contribution in [3.8, 4) is 0 Å². The molecule has 6 heteroatoms. The lowest BCUT2D eigenvalue weighted by Crippen LogP contribution is -2.35. The summed E-state index contributed by atoms with van der Waals surface area (Å²) < 4.78 is 0. The number of thioether (sulfide) groups is 1. The second-order valence-corrected chi connectivity index (χ2v) is 8.82. The van der Waals surface area contributed by atoms with Gasteiger partial charge in [-0.2, -0.15) is 0 Å². The molecule has 2 aromatic heterocycles. The molecule has 2 N–H and O–H groups in total. The molecule has 1 aliphatic carbocycles. The molecule has 138 valence electrons. The molecule has 0 amide bonds. The predicted molar refractivity (Wildman–Crippen MR) is 108 cm³/mol. The second-order valence-electron chi connectivity index (χ2n) is 7.19. The van der Waals surface area contributed by atoms with Crippen LogP contribution in [0.4, 0.5) is 0 Å². The maximum Gasteiger partial charge on any atom is 0.138 e. The minimum Gasteiger partial charge on any atom is -0.393 e. The first-order chi connectivity index (χ1) is 12.6. The first kappa shape index (κ1) is 18.1. The number of hydrogen-bond donors (Lipinski definition) is 2. The molecule has 0 bridgehead atoms. The molecule has 1 saturated heterocycles. The molecule has 0 spiro atoms. The molecule has 0 radical (unpaired) electrons. The summed E-state index contributed by atoms with van der Waals surface area (Å²) in [5, 5.41) is 12.1. The van der Waals surface area contributed by atoms with E-state index in [1.807, 2.05) is 30.1 Å². The number of allylic oxidation sites excluding steroid dienone is 3. The van der Waals surface area contributed by atoms with Gasteiger partial charge in [0.2, 0.25) is 0 Å². The predicted octanol–water partition coefficient (Wildman–Crippen LogP) is 4.31. The number of halogens is 1. The van der Waals surface area contributed by atoms with Gasteiger partial charge in [-0.15, -0.1) is 11.8 Å². The van der Waals surface area contributed by atoms with Crippen molar-refractivity contribution in [1.29, 1.82) is 0 Å². The molecule has 1 aliphatic heterocycles. The summed E-state index contributed by atoms with van der Waals surface area (Å²) in [6, 6.07) is 4.14. The average Bonchev–Trinajstić information content (AvgIpc) is 2.97. The van der Waals surface area contributed by atoms with Crippen molar-refractivity contribution in [2.24, 2.45) is 5.92 Å². The summed E-state index contributed by atoms with van der Waals surface area (Å²) >= 11 is 8.04. The van der Waals surface area contributed by atoms with Crippen LogP contribution in [0.3, 0.4) is 0 Å². The Kier molecular flexibility index (Phi) is 5.41. The van der Waals surface area contributed by atoms with Gasteiger partial charge >= 0.3 is 0 Å². The Hall–Kier alpha value is -1.27. The molecule has 26 heavy (non-hydrogen) atoms. The number of rotatable bonds is 4. The monoisotopic (exact) mass is 389 g/mol. The first-order valence-electron chi connectivity index (χ1n) is 9.18. The van der Waals surface area contributed by atoms with Crippen LogP contribution in [0.15, 0.2) is 46.5 Å². The summed E-state index contributed by atoms with van der Waals surface area (Å²) in [7, 11) is 0. The van der Waals surface area contributed by atoms with Gasteiger partial charge in [0.1, 0.15) is 5.65 Å². The number of hydrogen-bond acceptors (Lipinski definition) is 4. The average molecular weight is 390 g/mol. The summed E-state index contributed by atoms with van der Waals surface area (Å²) in [6.07, 6.45) is 9.72. The molecule has 1 fully saturated rings. The van der Waals surface area contributed by atoms with Crippen LogP contribution in [-0.4, -0.2) is 44.4 Å². The van der Waals surface area contributed by atoms with E-state index in [-0.39, 0.29) is 6.10 Å². The Morgan fingerprint density at radius 2 is 2.19 bits per heavy atom. The molecule has 2 aromatic rings. The highest BCUT2D eigenvalue weighted by molar-refractivity contribution is 8.00. The number of pyridine rings is 1. The van der Waals surface area contributed by atoms with E-state index in [1.165, 1.54) is 16.0 Å². The Labute approximate surface area is 163 Å². The molecule has 0 aromatic carbocycles. The highest BCUT2D eigenvalue weighted by atomic mass is 35.5. The van der Waals surface area contributed by atoms with Gasteiger partial charge in [-0.3, -0.25) is 4.90 Å². The normalized spacial score (nSPS) is 25.0. The number of piperidine rings is 1. The van der Waals surface area contributed by atoms with Crippen LogP contribution in [-0.2, 0) is 6.54 Å². The lowest BCUT2D eigenvalue weighted by atomic mass is 10.0. The van der Waals surface area contributed by atoms with Crippen molar-refractivity contribution in [3.05, 3.63) is 47.3 Å². The number of aliphatic hydroxyl groups is 1. The Morgan fingerprint density at radius 3 is 2.96 bits per heavy atom. The molecule has 4 rings (SSSR count). The first-order valence-corrected chi connectivity index (χ1v) is 10.4. The van der Waals surface area contributed by atoms with E-state index < -0.39 is 0 Å². The third kappa shape index (κ3) is 3.86. The van der Waals surface area contributed by atoms with Crippen molar-refractivity contribution < 1.29 is 5.11 Å². The van der Waals surface area contributed by atoms with Gasteiger partial charge in [0.15, 0.2) is 0 Å². The highest BCUT2D eigenvalue weighted by Crippen LogP contribution is 2.39. The van der Waals surface area contributed by atoms with Gasteiger partial charge in [-0.05, 0) is 37.0 Å². The topological polar surface area (TPSA) is 52.1 Å². The quantitative estimate of drug-likeness (QED) is 0.818. The van der Waals surface area contributed by atoms with Crippen LogP contribution in [0, 0.1) is 5.92 Å². The summed E-state index contributed by atoms with van der Waals surface area (Å²) in [5.74, 6) is 0.386. The third-order valence-corrected chi connectivity index (χ3v) is 6.99. The van der Waals surface area contributed by atoms with Crippen LogP contribution < -0.4 is 0 Å². The van der Waals surface area contributed by atoms with E-state index in [0.717, 1.165) is 43.2 Å². The molecule has 2 aliphatic rings. The number of H-pyrrole nitrogens is 1. The van der Waals surface area contributed by atoms with E-state index in [4.69, 9.17) is 11.6 Å². The maximum atomic E-state index is 9.76. The SMILES string of the molecule is CC1C=C(Cl)C=CC1Sc1c(CN2CCC(O)CC2)[nH]c2ncccc12. The number of aromatic nitrogens is 2. The van der Waals surface area contributed by atoms with Gasteiger partial charge in [0, 0.05) is 52.1 Å².